The number of amides is 1. The summed E-state index contributed by atoms with van der Waals surface area (Å²) in [5.41, 5.74) is 3.15. The Morgan fingerprint density at radius 3 is 3.14 bits per heavy atom. The number of rotatable bonds is 5. The molecule has 0 unspecified atom stereocenters. The smallest absolute Gasteiger partial charge is 0.263 e. The van der Waals surface area contributed by atoms with Gasteiger partial charge in [0.05, 0.1) is 36.7 Å². The molecular weight excluding hydrogens is 388 g/mol. The molecule has 1 amide bonds. The Kier molecular flexibility index (Phi) is 6.12. The van der Waals surface area contributed by atoms with Gasteiger partial charge < -0.3 is 14.8 Å². The maximum absolute atomic E-state index is 12.8. The summed E-state index contributed by atoms with van der Waals surface area (Å²) in [7, 11) is 1.63. The second kappa shape index (κ2) is 8.77. The summed E-state index contributed by atoms with van der Waals surface area (Å²) in [6.45, 7) is 4.93. The SMILES string of the molecule is COc1cccc(CN2CCO[C@@]3(CCCC[C@@H]3NC(=O)c3scnc3C)C2)n1. The zero-order chi connectivity index (χ0) is 20.3. The molecule has 3 heterocycles. The minimum Gasteiger partial charge on any atom is -0.481 e. The molecule has 2 aromatic heterocycles. The molecule has 1 aliphatic heterocycles. The van der Waals surface area contributed by atoms with Crippen molar-refractivity contribution in [3.8, 4) is 5.88 Å². The number of hydrogen-bond donors (Lipinski definition) is 1. The maximum atomic E-state index is 12.8. The van der Waals surface area contributed by atoms with Crippen molar-refractivity contribution >= 4 is 17.2 Å². The molecule has 29 heavy (non-hydrogen) atoms. The highest BCUT2D eigenvalue weighted by molar-refractivity contribution is 7.11. The highest BCUT2D eigenvalue weighted by Gasteiger charge is 2.46. The molecule has 2 aromatic rings. The van der Waals surface area contributed by atoms with Crippen molar-refractivity contribution in [2.24, 2.45) is 0 Å². The van der Waals surface area contributed by atoms with Gasteiger partial charge in [0.25, 0.3) is 5.91 Å². The third-order valence-corrected chi connectivity index (χ3v) is 6.83. The van der Waals surface area contributed by atoms with Crippen molar-refractivity contribution in [3.05, 3.63) is 40.0 Å². The number of methoxy groups -OCH3 is 1. The highest BCUT2D eigenvalue weighted by Crippen LogP contribution is 2.35. The van der Waals surface area contributed by atoms with E-state index in [0.29, 0.717) is 17.4 Å². The molecule has 4 rings (SSSR count). The predicted molar refractivity (Wildman–Crippen MR) is 111 cm³/mol. The molecule has 2 fully saturated rings. The van der Waals surface area contributed by atoms with Crippen molar-refractivity contribution in [2.45, 2.75) is 50.8 Å². The molecule has 0 aromatic carbocycles. The molecule has 156 valence electrons. The first kappa shape index (κ1) is 20.3. The van der Waals surface area contributed by atoms with E-state index in [4.69, 9.17) is 9.47 Å². The van der Waals surface area contributed by atoms with Crippen LogP contribution in [0.2, 0.25) is 0 Å². The third-order valence-electron chi connectivity index (χ3n) is 5.90. The fraction of sp³-hybridized carbons (Fsp3) is 0.571. The number of carbonyl (C=O) groups is 1. The van der Waals surface area contributed by atoms with Crippen LogP contribution in [-0.4, -0.2) is 59.2 Å². The van der Waals surface area contributed by atoms with Gasteiger partial charge in [-0.2, -0.15) is 0 Å². The van der Waals surface area contributed by atoms with Gasteiger partial charge in [0.2, 0.25) is 5.88 Å². The zero-order valence-corrected chi connectivity index (χ0v) is 17.8. The van der Waals surface area contributed by atoms with Crippen molar-refractivity contribution in [2.75, 3.05) is 26.8 Å². The van der Waals surface area contributed by atoms with E-state index in [0.717, 1.165) is 56.7 Å². The summed E-state index contributed by atoms with van der Waals surface area (Å²) in [4.78, 5) is 24.7. The summed E-state index contributed by atoms with van der Waals surface area (Å²) in [6.07, 6.45) is 4.13. The molecular formula is C21H28N4O3S. The summed E-state index contributed by atoms with van der Waals surface area (Å²) >= 11 is 1.39. The Bertz CT molecular complexity index is 854. The maximum Gasteiger partial charge on any atom is 0.263 e. The first-order chi connectivity index (χ1) is 14.1. The molecule has 1 saturated carbocycles. The van der Waals surface area contributed by atoms with Crippen LogP contribution in [0.15, 0.2) is 23.7 Å². The third kappa shape index (κ3) is 4.44. The average molecular weight is 417 g/mol. The van der Waals surface area contributed by atoms with E-state index in [2.05, 4.69) is 20.2 Å². The summed E-state index contributed by atoms with van der Waals surface area (Å²) in [6, 6.07) is 5.86. The van der Waals surface area contributed by atoms with E-state index in [1.165, 1.54) is 11.3 Å². The molecule has 1 N–H and O–H groups in total. The lowest BCUT2D eigenvalue weighted by Gasteiger charge is -2.49. The Labute approximate surface area is 175 Å². The molecule has 0 radical (unpaired) electrons. The summed E-state index contributed by atoms with van der Waals surface area (Å²) < 4.78 is 11.6. The van der Waals surface area contributed by atoms with Crippen LogP contribution in [0.25, 0.3) is 0 Å². The van der Waals surface area contributed by atoms with E-state index in [-0.39, 0.29) is 17.6 Å². The van der Waals surface area contributed by atoms with Crippen molar-refractivity contribution < 1.29 is 14.3 Å². The number of ether oxygens (including phenoxy) is 2. The lowest BCUT2D eigenvalue weighted by atomic mass is 9.78. The molecule has 8 heteroatoms. The van der Waals surface area contributed by atoms with Gasteiger partial charge in [-0.1, -0.05) is 18.9 Å². The van der Waals surface area contributed by atoms with Gasteiger partial charge >= 0.3 is 0 Å². The normalized spacial score (nSPS) is 25.1. The van der Waals surface area contributed by atoms with Crippen LogP contribution in [0.5, 0.6) is 5.88 Å². The quantitative estimate of drug-likeness (QED) is 0.808. The lowest BCUT2D eigenvalue weighted by molar-refractivity contribution is -0.143. The number of carbonyl (C=O) groups excluding carboxylic acids is 1. The fourth-order valence-corrected chi connectivity index (χ4v) is 5.13. The molecule has 1 aliphatic carbocycles. The van der Waals surface area contributed by atoms with Crippen LogP contribution in [0.3, 0.4) is 0 Å². The van der Waals surface area contributed by atoms with Crippen LogP contribution in [0.4, 0.5) is 0 Å². The van der Waals surface area contributed by atoms with Crippen LogP contribution < -0.4 is 10.1 Å². The Morgan fingerprint density at radius 1 is 1.45 bits per heavy atom. The van der Waals surface area contributed by atoms with Crippen LogP contribution in [-0.2, 0) is 11.3 Å². The summed E-state index contributed by atoms with van der Waals surface area (Å²) in [5.74, 6) is 0.597. The van der Waals surface area contributed by atoms with Gasteiger partial charge in [-0.25, -0.2) is 9.97 Å². The van der Waals surface area contributed by atoms with Crippen molar-refractivity contribution in [3.63, 3.8) is 0 Å². The van der Waals surface area contributed by atoms with Gasteiger partial charge in [-0.3, -0.25) is 9.69 Å². The monoisotopic (exact) mass is 416 g/mol. The largest absolute Gasteiger partial charge is 0.481 e. The number of aryl methyl sites for hydroxylation is 1. The topological polar surface area (TPSA) is 76.6 Å². The van der Waals surface area contributed by atoms with Crippen molar-refractivity contribution in [1.29, 1.82) is 0 Å². The predicted octanol–water partition coefficient (Wildman–Crippen LogP) is 2.80. The van der Waals surface area contributed by atoms with Gasteiger partial charge in [-0.15, -0.1) is 11.3 Å². The fourth-order valence-electron chi connectivity index (χ4n) is 4.42. The first-order valence-corrected chi connectivity index (χ1v) is 11.0. The van der Waals surface area contributed by atoms with Gasteiger partial charge in [0.15, 0.2) is 0 Å². The van der Waals surface area contributed by atoms with E-state index in [1.54, 1.807) is 12.6 Å². The number of nitrogens with zero attached hydrogens (tertiary/aromatic N) is 3. The first-order valence-electron chi connectivity index (χ1n) is 10.2. The second-order valence-corrected chi connectivity index (χ2v) is 8.69. The zero-order valence-electron chi connectivity index (χ0n) is 17.0. The molecule has 2 aliphatic rings. The Morgan fingerprint density at radius 2 is 2.34 bits per heavy atom. The second-order valence-electron chi connectivity index (χ2n) is 7.83. The molecule has 7 nitrogen and oxygen atoms in total. The number of hydrogen-bond acceptors (Lipinski definition) is 7. The van der Waals surface area contributed by atoms with Gasteiger partial charge in [0.1, 0.15) is 10.5 Å². The summed E-state index contributed by atoms with van der Waals surface area (Å²) in [5, 5.41) is 3.27. The number of pyridine rings is 1. The average Bonchev–Trinajstić information content (AvgIpc) is 3.16. The Balaban J connectivity index is 1.48. The number of nitrogens with one attached hydrogen (secondary N) is 1. The molecule has 1 spiro atoms. The van der Waals surface area contributed by atoms with E-state index in [9.17, 15) is 4.79 Å². The standard InChI is InChI=1S/C21H28N4O3S/c1-15-19(29-14-22-15)20(26)24-17-7-3-4-9-21(17)13-25(10-11-28-21)12-16-6-5-8-18(23-16)27-2/h5-6,8,14,17H,3-4,7,9-13H2,1-2H3,(H,24,26)/t17-,21-/m0/s1. The number of morpholine rings is 1. The van der Waals surface area contributed by atoms with Gasteiger partial charge in [-0.05, 0) is 25.8 Å². The van der Waals surface area contributed by atoms with Crippen LogP contribution in [0.1, 0.15) is 46.7 Å². The molecule has 1 saturated heterocycles. The minimum absolute atomic E-state index is 0.00585. The molecule has 2 atom stereocenters. The number of thiazole rings is 1. The van der Waals surface area contributed by atoms with E-state index >= 15 is 0 Å². The van der Waals surface area contributed by atoms with Crippen LogP contribution >= 0.6 is 11.3 Å². The Hall–Kier alpha value is -2.03. The highest BCUT2D eigenvalue weighted by atomic mass is 32.1. The number of aromatic nitrogens is 2. The van der Waals surface area contributed by atoms with Crippen molar-refractivity contribution in [1.82, 2.24) is 20.2 Å². The minimum atomic E-state index is -0.344. The van der Waals surface area contributed by atoms with Crippen LogP contribution in [0, 0.1) is 6.92 Å². The van der Waals surface area contributed by atoms with Gasteiger partial charge in [0, 0.05) is 25.7 Å². The molecule has 0 bridgehead atoms. The van der Waals surface area contributed by atoms with E-state index in [1.807, 2.05) is 25.1 Å². The lowest BCUT2D eigenvalue weighted by Crippen LogP contribution is -2.63. The van der Waals surface area contributed by atoms with E-state index < -0.39 is 0 Å².